The van der Waals surface area contributed by atoms with Gasteiger partial charge in [0.1, 0.15) is 11.5 Å². The average molecular weight is 415 g/mol. The second-order valence-electron chi connectivity index (χ2n) is 8.56. The van der Waals surface area contributed by atoms with E-state index >= 15 is 0 Å². The Balaban J connectivity index is 1.44. The van der Waals surface area contributed by atoms with Gasteiger partial charge in [-0.25, -0.2) is 0 Å². The number of amides is 2. The molecule has 0 aliphatic carbocycles. The van der Waals surface area contributed by atoms with Crippen LogP contribution in [0.15, 0.2) is 34.9 Å². The monoisotopic (exact) mass is 414 g/mol. The van der Waals surface area contributed by atoms with Crippen molar-refractivity contribution in [3.05, 3.63) is 41.7 Å². The molecule has 8 nitrogen and oxygen atoms in total. The molecule has 1 fully saturated rings. The van der Waals surface area contributed by atoms with Crippen LogP contribution < -0.4 is 10.1 Å². The highest BCUT2D eigenvalue weighted by molar-refractivity contribution is 5.91. The summed E-state index contributed by atoms with van der Waals surface area (Å²) in [6.07, 6.45) is 0. The summed E-state index contributed by atoms with van der Waals surface area (Å²) in [6.45, 7) is 10.8. The molecule has 1 aromatic heterocycles. The average Bonchev–Trinajstić information content (AvgIpc) is 3.10. The molecule has 2 heterocycles. The van der Waals surface area contributed by atoms with Gasteiger partial charge < -0.3 is 19.5 Å². The Morgan fingerprint density at radius 1 is 1.17 bits per heavy atom. The molecule has 30 heavy (non-hydrogen) atoms. The van der Waals surface area contributed by atoms with E-state index in [0.717, 1.165) is 11.3 Å². The lowest BCUT2D eigenvalue weighted by Gasteiger charge is -2.34. The summed E-state index contributed by atoms with van der Waals surface area (Å²) in [5.74, 6) is 1.62. The quantitative estimate of drug-likeness (QED) is 0.781. The number of ether oxygens (including phenoxy) is 1. The lowest BCUT2D eigenvalue weighted by atomic mass is 9.86. The molecule has 0 spiro atoms. The third kappa shape index (κ3) is 5.82. The zero-order valence-electron chi connectivity index (χ0n) is 18.1. The number of piperazine rings is 1. The number of para-hydroxylation sites is 1. The molecule has 1 aromatic carbocycles. The lowest BCUT2D eigenvalue weighted by Crippen LogP contribution is -2.51. The first-order chi connectivity index (χ1) is 14.2. The van der Waals surface area contributed by atoms with Crippen LogP contribution >= 0.6 is 0 Å². The number of carbonyl (C=O) groups excluding carboxylic acids is 2. The number of carbonyl (C=O) groups is 2. The Hall–Kier alpha value is -2.87. The van der Waals surface area contributed by atoms with Gasteiger partial charge in [-0.1, -0.05) is 44.1 Å². The minimum absolute atomic E-state index is 0.0130. The van der Waals surface area contributed by atoms with Crippen LogP contribution in [-0.4, -0.2) is 66.1 Å². The zero-order chi connectivity index (χ0) is 21.7. The predicted octanol–water partition coefficient (Wildman–Crippen LogP) is 2.44. The number of aromatic nitrogens is 1. The Bertz CT molecular complexity index is 879. The smallest absolute Gasteiger partial charge is 0.260 e. The van der Waals surface area contributed by atoms with E-state index in [9.17, 15) is 9.59 Å². The van der Waals surface area contributed by atoms with Gasteiger partial charge in [-0.15, -0.1) is 0 Å². The van der Waals surface area contributed by atoms with Crippen molar-refractivity contribution in [2.75, 3.05) is 44.6 Å². The number of hydrogen-bond acceptors (Lipinski definition) is 6. The molecule has 0 bridgehead atoms. The molecular formula is C22H30N4O4. The van der Waals surface area contributed by atoms with Gasteiger partial charge in [0, 0.05) is 32.2 Å². The van der Waals surface area contributed by atoms with E-state index in [2.05, 4.69) is 31.2 Å². The molecule has 3 rings (SSSR count). The van der Waals surface area contributed by atoms with Gasteiger partial charge in [-0.05, 0) is 24.0 Å². The van der Waals surface area contributed by atoms with Gasteiger partial charge in [0.05, 0.1) is 6.54 Å². The summed E-state index contributed by atoms with van der Waals surface area (Å²) in [5.41, 5.74) is 1.02. The second-order valence-corrected chi connectivity index (χ2v) is 8.56. The summed E-state index contributed by atoms with van der Waals surface area (Å²) in [4.78, 5) is 28.5. The molecule has 0 atom stereocenters. The molecular weight excluding hydrogens is 384 g/mol. The standard InChI is InChI=1S/C22H30N4O4/c1-16-13-19(24-30-16)23-20(27)14-25-9-11-26(12-10-25)21(28)15-29-18-8-6-5-7-17(18)22(2,3)4/h5-8,13H,9-12,14-15H2,1-4H3,(H,23,24,27). The van der Waals surface area contributed by atoms with Crippen LogP contribution in [0.25, 0.3) is 0 Å². The van der Waals surface area contributed by atoms with Crippen LogP contribution in [0.4, 0.5) is 5.82 Å². The van der Waals surface area contributed by atoms with Crippen LogP contribution in [0.2, 0.25) is 0 Å². The van der Waals surface area contributed by atoms with Crippen LogP contribution in [0.1, 0.15) is 32.1 Å². The van der Waals surface area contributed by atoms with E-state index in [4.69, 9.17) is 9.26 Å². The maximum atomic E-state index is 12.6. The molecule has 1 saturated heterocycles. The van der Waals surface area contributed by atoms with Crippen LogP contribution in [-0.2, 0) is 15.0 Å². The first kappa shape index (κ1) is 21.8. The van der Waals surface area contributed by atoms with Gasteiger partial charge in [-0.3, -0.25) is 14.5 Å². The van der Waals surface area contributed by atoms with Crippen LogP contribution in [0, 0.1) is 6.92 Å². The van der Waals surface area contributed by atoms with Crippen molar-refractivity contribution in [2.45, 2.75) is 33.1 Å². The summed E-state index contributed by atoms with van der Waals surface area (Å²) < 4.78 is 10.8. The molecule has 2 amide bonds. The number of benzene rings is 1. The zero-order valence-corrected chi connectivity index (χ0v) is 18.1. The topological polar surface area (TPSA) is 87.9 Å². The maximum absolute atomic E-state index is 12.6. The number of anilines is 1. The molecule has 0 unspecified atom stereocenters. The largest absolute Gasteiger partial charge is 0.483 e. The van der Waals surface area contributed by atoms with Gasteiger partial charge in [0.25, 0.3) is 5.91 Å². The number of hydrogen-bond donors (Lipinski definition) is 1. The Morgan fingerprint density at radius 3 is 2.50 bits per heavy atom. The highest BCUT2D eigenvalue weighted by atomic mass is 16.5. The van der Waals surface area contributed by atoms with Crippen molar-refractivity contribution in [1.82, 2.24) is 15.0 Å². The van der Waals surface area contributed by atoms with Crippen LogP contribution in [0.3, 0.4) is 0 Å². The highest BCUT2D eigenvalue weighted by Crippen LogP contribution is 2.30. The summed E-state index contributed by atoms with van der Waals surface area (Å²) >= 11 is 0. The molecule has 0 radical (unpaired) electrons. The third-order valence-electron chi connectivity index (χ3n) is 5.03. The molecule has 0 saturated carbocycles. The molecule has 1 aliphatic rings. The summed E-state index contributed by atoms with van der Waals surface area (Å²) in [7, 11) is 0. The normalized spacial score (nSPS) is 15.1. The van der Waals surface area contributed by atoms with E-state index in [-0.39, 0.29) is 30.4 Å². The number of nitrogens with zero attached hydrogens (tertiary/aromatic N) is 3. The summed E-state index contributed by atoms with van der Waals surface area (Å²) in [5, 5.41) is 6.47. The van der Waals surface area contributed by atoms with E-state index < -0.39 is 0 Å². The van der Waals surface area contributed by atoms with Gasteiger partial charge in [0.15, 0.2) is 12.4 Å². The van der Waals surface area contributed by atoms with Gasteiger partial charge in [-0.2, -0.15) is 0 Å². The molecule has 162 valence electrons. The molecule has 1 N–H and O–H groups in total. The van der Waals surface area contributed by atoms with Crippen molar-refractivity contribution < 1.29 is 18.8 Å². The van der Waals surface area contributed by atoms with E-state index in [1.807, 2.05) is 29.2 Å². The van der Waals surface area contributed by atoms with Gasteiger partial charge in [0.2, 0.25) is 5.91 Å². The molecule has 1 aliphatic heterocycles. The first-order valence-electron chi connectivity index (χ1n) is 10.2. The highest BCUT2D eigenvalue weighted by Gasteiger charge is 2.24. The number of aryl methyl sites for hydroxylation is 1. The fraction of sp³-hybridized carbons (Fsp3) is 0.500. The van der Waals surface area contributed by atoms with Crippen molar-refractivity contribution in [2.24, 2.45) is 0 Å². The Labute approximate surface area is 177 Å². The maximum Gasteiger partial charge on any atom is 0.260 e. The van der Waals surface area contributed by atoms with E-state index in [1.54, 1.807) is 17.9 Å². The minimum atomic E-state index is -0.148. The SMILES string of the molecule is Cc1cc(NC(=O)CN2CCN(C(=O)COc3ccccc3C(C)(C)C)CC2)no1. The second kappa shape index (κ2) is 9.30. The number of rotatable bonds is 6. The fourth-order valence-electron chi connectivity index (χ4n) is 3.41. The Kier molecular flexibility index (Phi) is 6.77. The van der Waals surface area contributed by atoms with E-state index in [1.165, 1.54) is 0 Å². The predicted molar refractivity (Wildman–Crippen MR) is 114 cm³/mol. The minimum Gasteiger partial charge on any atom is -0.483 e. The molecule has 8 heteroatoms. The van der Waals surface area contributed by atoms with Gasteiger partial charge >= 0.3 is 0 Å². The fourth-order valence-corrected chi connectivity index (χ4v) is 3.41. The van der Waals surface area contributed by atoms with E-state index in [0.29, 0.717) is 37.8 Å². The van der Waals surface area contributed by atoms with Crippen molar-refractivity contribution in [1.29, 1.82) is 0 Å². The first-order valence-corrected chi connectivity index (χ1v) is 10.2. The van der Waals surface area contributed by atoms with Crippen molar-refractivity contribution >= 4 is 17.6 Å². The van der Waals surface area contributed by atoms with Crippen molar-refractivity contribution in [3.63, 3.8) is 0 Å². The lowest BCUT2D eigenvalue weighted by molar-refractivity contribution is -0.135. The van der Waals surface area contributed by atoms with Crippen LogP contribution in [0.5, 0.6) is 5.75 Å². The molecule has 2 aromatic rings. The Morgan fingerprint density at radius 2 is 1.87 bits per heavy atom. The number of nitrogens with one attached hydrogen (secondary N) is 1. The third-order valence-corrected chi connectivity index (χ3v) is 5.03. The van der Waals surface area contributed by atoms with Crippen molar-refractivity contribution in [3.8, 4) is 5.75 Å². The summed E-state index contributed by atoms with van der Waals surface area (Å²) in [6, 6.07) is 9.50.